The van der Waals surface area contributed by atoms with E-state index in [0.29, 0.717) is 0 Å². The third-order valence-electron chi connectivity index (χ3n) is 3.50. The Kier molecular flexibility index (Phi) is 6.04. The van der Waals surface area contributed by atoms with E-state index in [1.165, 1.54) is 5.56 Å². The van der Waals surface area contributed by atoms with Crippen LogP contribution in [-0.2, 0) is 6.42 Å². The van der Waals surface area contributed by atoms with Crippen LogP contribution in [0.25, 0.3) is 0 Å². The van der Waals surface area contributed by atoms with Crippen LogP contribution in [0.4, 0.5) is 5.69 Å². The van der Waals surface area contributed by atoms with Gasteiger partial charge in [0.2, 0.25) is 0 Å². The Hall–Kier alpha value is -1.32. The molecule has 2 aromatic rings. The molecule has 0 heterocycles. The quantitative estimate of drug-likeness (QED) is 0.487. The summed E-state index contributed by atoms with van der Waals surface area (Å²) in [5.74, 6) is 0. The smallest absolute Gasteiger partial charge is 0.0910 e. The van der Waals surface area contributed by atoms with Crippen molar-refractivity contribution in [1.82, 2.24) is 4.90 Å². The number of benzene rings is 2. The van der Waals surface area contributed by atoms with E-state index >= 15 is 0 Å². The summed E-state index contributed by atoms with van der Waals surface area (Å²) >= 11 is 10.2. The van der Waals surface area contributed by atoms with Gasteiger partial charge in [0.15, 0.2) is 0 Å². The van der Waals surface area contributed by atoms with Crippen LogP contribution in [0.2, 0.25) is 5.02 Å². The molecule has 0 aromatic heterocycles. The summed E-state index contributed by atoms with van der Waals surface area (Å²) in [7, 11) is 2.00. The highest BCUT2D eigenvalue weighted by Crippen LogP contribution is 2.32. The summed E-state index contributed by atoms with van der Waals surface area (Å²) < 4.78 is 1.10. The van der Waals surface area contributed by atoms with E-state index in [2.05, 4.69) is 46.9 Å². The van der Waals surface area contributed by atoms with Crippen molar-refractivity contribution in [2.24, 2.45) is 4.99 Å². The standard InChI is InChI=1S/C18H20BrClN2/c1-4-22(3)12-21-17-10-13(2)9-15(18(17)20)11-14-7-5-6-8-16(14)19/h5-10,12H,4,11H2,1-3H3. The van der Waals surface area contributed by atoms with Gasteiger partial charge in [0.25, 0.3) is 0 Å². The maximum absolute atomic E-state index is 6.56. The van der Waals surface area contributed by atoms with E-state index in [1.54, 1.807) is 0 Å². The monoisotopic (exact) mass is 378 g/mol. The van der Waals surface area contributed by atoms with Gasteiger partial charge in [0, 0.05) is 24.5 Å². The van der Waals surface area contributed by atoms with E-state index < -0.39 is 0 Å². The molecule has 116 valence electrons. The number of nitrogens with zero attached hydrogens (tertiary/aromatic N) is 2. The van der Waals surface area contributed by atoms with Gasteiger partial charge in [-0.2, -0.15) is 0 Å². The van der Waals surface area contributed by atoms with Crippen LogP contribution >= 0.6 is 27.5 Å². The molecule has 0 radical (unpaired) electrons. The molecule has 0 saturated heterocycles. The number of aryl methyl sites for hydroxylation is 1. The average molecular weight is 380 g/mol. The summed E-state index contributed by atoms with van der Waals surface area (Å²) in [5, 5.41) is 0.724. The lowest BCUT2D eigenvalue weighted by molar-refractivity contribution is 0.552. The Balaban J connectivity index is 2.35. The van der Waals surface area contributed by atoms with Gasteiger partial charge in [-0.1, -0.05) is 51.8 Å². The van der Waals surface area contributed by atoms with Crippen LogP contribution in [0.3, 0.4) is 0 Å². The molecule has 0 atom stereocenters. The first kappa shape index (κ1) is 17.0. The van der Waals surface area contributed by atoms with Crippen LogP contribution in [0.1, 0.15) is 23.6 Å². The van der Waals surface area contributed by atoms with E-state index in [0.717, 1.165) is 39.3 Å². The lowest BCUT2D eigenvalue weighted by Crippen LogP contribution is -2.14. The molecular formula is C18H20BrClN2. The number of halogens is 2. The third-order valence-corrected chi connectivity index (χ3v) is 4.71. The zero-order valence-corrected chi connectivity index (χ0v) is 15.4. The Morgan fingerprint density at radius 1 is 1.23 bits per heavy atom. The minimum atomic E-state index is 0.724. The number of rotatable bonds is 5. The van der Waals surface area contributed by atoms with Gasteiger partial charge in [0.1, 0.15) is 0 Å². The van der Waals surface area contributed by atoms with Gasteiger partial charge in [0.05, 0.1) is 17.0 Å². The second-order valence-electron chi connectivity index (χ2n) is 5.34. The molecule has 0 fully saturated rings. The zero-order chi connectivity index (χ0) is 16.1. The lowest BCUT2D eigenvalue weighted by Gasteiger charge is -2.12. The molecule has 0 bridgehead atoms. The molecule has 2 rings (SSSR count). The van der Waals surface area contributed by atoms with Gasteiger partial charge in [-0.15, -0.1) is 0 Å². The van der Waals surface area contributed by atoms with Crippen LogP contribution in [0, 0.1) is 6.92 Å². The van der Waals surface area contributed by atoms with Crippen molar-refractivity contribution in [2.75, 3.05) is 13.6 Å². The Bertz CT molecular complexity index is 683. The summed E-state index contributed by atoms with van der Waals surface area (Å²) in [6.07, 6.45) is 2.61. The lowest BCUT2D eigenvalue weighted by atomic mass is 10.0. The molecular weight excluding hydrogens is 360 g/mol. The molecule has 22 heavy (non-hydrogen) atoms. The largest absolute Gasteiger partial charge is 0.366 e. The molecule has 2 aromatic carbocycles. The molecule has 4 heteroatoms. The second-order valence-corrected chi connectivity index (χ2v) is 6.58. The molecule has 0 amide bonds. The number of aliphatic imine (C=N–C) groups is 1. The fraction of sp³-hybridized carbons (Fsp3) is 0.278. The molecule has 2 nitrogen and oxygen atoms in total. The minimum Gasteiger partial charge on any atom is -0.366 e. The normalized spacial score (nSPS) is 11.1. The van der Waals surface area contributed by atoms with E-state index in [-0.39, 0.29) is 0 Å². The van der Waals surface area contributed by atoms with Crippen LogP contribution in [0.15, 0.2) is 45.9 Å². The predicted octanol–water partition coefficient (Wildman–Crippen LogP) is 5.61. The van der Waals surface area contributed by atoms with Crippen molar-refractivity contribution >= 4 is 39.6 Å². The maximum Gasteiger partial charge on any atom is 0.0910 e. The number of hydrogen-bond donors (Lipinski definition) is 0. The number of hydrogen-bond acceptors (Lipinski definition) is 1. The van der Waals surface area contributed by atoms with Crippen LogP contribution in [-0.4, -0.2) is 24.8 Å². The van der Waals surface area contributed by atoms with Gasteiger partial charge >= 0.3 is 0 Å². The topological polar surface area (TPSA) is 15.6 Å². The van der Waals surface area contributed by atoms with Gasteiger partial charge in [-0.05, 0) is 42.7 Å². The fourth-order valence-electron chi connectivity index (χ4n) is 2.14. The van der Waals surface area contributed by atoms with Crippen molar-refractivity contribution in [1.29, 1.82) is 0 Å². The van der Waals surface area contributed by atoms with Crippen molar-refractivity contribution in [2.45, 2.75) is 20.3 Å². The molecule has 0 aliphatic heterocycles. The Morgan fingerprint density at radius 3 is 2.64 bits per heavy atom. The highest BCUT2D eigenvalue weighted by molar-refractivity contribution is 9.10. The van der Waals surface area contributed by atoms with Gasteiger partial charge in [-0.25, -0.2) is 4.99 Å². The van der Waals surface area contributed by atoms with E-state index in [9.17, 15) is 0 Å². The molecule has 0 aliphatic carbocycles. The second kappa shape index (κ2) is 7.80. The van der Waals surface area contributed by atoms with Crippen LogP contribution < -0.4 is 0 Å². The Labute approximate surface area is 146 Å². The van der Waals surface area contributed by atoms with Crippen molar-refractivity contribution in [3.63, 3.8) is 0 Å². The molecule has 0 unspecified atom stereocenters. The maximum atomic E-state index is 6.56. The highest BCUT2D eigenvalue weighted by Gasteiger charge is 2.09. The minimum absolute atomic E-state index is 0.724. The first-order valence-corrected chi connectivity index (χ1v) is 8.45. The third kappa shape index (κ3) is 4.34. The molecule has 0 aliphatic rings. The summed E-state index contributed by atoms with van der Waals surface area (Å²) in [4.78, 5) is 6.54. The summed E-state index contributed by atoms with van der Waals surface area (Å²) in [5.41, 5.74) is 4.30. The Morgan fingerprint density at radius 2 is 1.95 bits per heavy atom. The molecule has 0 spiro atoms. The van der Waals surface area contributed by atoms with E-state index in [4.69, 9.17) is 11.6 Å². The first-order valence-electron chi connectivity index (χ1n) is 7.28. The van der Waals surface area contributed by atoms with Gasteiger partial charge < -0.3 is 4.90 Å². The van der Waals surface area contributed by atoms with Crippen molar-refractivity contribution in [3.05, 3.63) is 62.6 Å². The predicted molar refractivity (Wildman–Crippen MR) is 99.6 cm³/mol. The highest BCUT2D eigenvalue weighted by atomic mass is 79.9. The van der Waals surface area contributed by atoms with Gasteiger partial charge in [-0.3, -0.25) is 0 Å². The first-order chi connectivity index (χ1) is 10.5. The molecule has 0 saturated carbocycles. The summed E-state index contributed by atoms with van der Waals surface area (Å²) in [6, 6.07) is 12.4. The molecule has 0 N–H and O–H groups in total. The average Bonchev–Trinajstić information content (AvgIpc) is 2.50. The zero-order valence-electron chi connectivity index (χ0n) is 13.1. The SMILES string of the molecule is CCN(C)C=Nc1cc(C)cc(Cc2ccccc2Br)c1Cl. The van der Waals surface area contributed by atoms with Crippen molar-refractivity contribution in [3.8, 4) is 0 Å². The fourth-order valence-corrected chi connectivity index (χ4v) is 2.78. The van der Waals surface area contributed by atoms with E-state index in [1.807, 2.05) is 42.6 Å². The van der Waals surface area contributed by atoms with Crippen molar-refractivity contribution < 1.29 is 0 Å². The van der Waals surface area contributed by atoms with Crippen LogP contribution in [0.5, 0.6) is 0 Å². The summed E-state index contributed by atoms with van der Waals surface area (Å²) in [6.45, 7) is 5.07.